The van der Waals surface area contributed by atoms with E-state index >= 15 is 0 Å². The summed E-state index contributed by atoms with van der Waals surface area (Å²) in [6.45, 7) is 8.09. The van der Waals surface area contributed by atoms with Crippen LogP contribution in [-0.2, 0) is 19.9 Å². The van der Waals surface area contributed by atoms with Gasteiger partial charge in [-0.1, -0.05) is 19.9 Å². The van der Waals surface area contributed by atoms with Gasteiger partial charge in [0.1, 0.15) is 0 Å². The van der Waals surface area contributed by atoms with Crippen molar-refractivity contribution < 1.29 is 21.6 Å². The zero-order valence-corrected chi connectivity index (χ0v) is 17.9. The van der Waals surface area contributed by atoms with Crippen LogP contribution in [-0.4, -0.2) is 69.1 Å². The van der Waals surface area contributed by atoms with Gasteiger partial charge in [-0.2, -0.15) is 4.31 Å². The van der Waals surface area contributed by atoms with Gasteiger partial charge in [0, 0.05) is 31.2 Å². The van der Waals surface area contributed by atoms with Crippen molar-refractivity contribution in [2.75, 3.05) is 31.1 Å². The first-order chi connectivity index (χ1) is 12.6. The highest BCUT2D eigenvalue weighted by molar-refractivity contribution is 7.91. The first-order valence-electron chi connectivity index (χ1n) is 9.19. The van der Waals surface area contributed by atoms with Gasteiger partial charge in [0.05, 0.1) is 16.4 Å². The third kappa shape index (κ3) is 4.52. The molecule has 0 aromatic heterocycles. The second kappa shape index (κ2) is 8.28. The molecule has 1 unspecified atom stereocenters. The van der Waals surface area contributed by atoms with E-state index in [0.29, 0.717) is 31.6 Å². The highest BCUT2D eigenvalue weighted by Crippen LogP contribution is 2.24. The van der Waals surface area contributed by atoms with Gasteiger partial charge in [0.25, 0.3) is 5.91 Å². The Hall–Kier alpha value is -1.45. The van der Waals surface area contributed by atoms with Crippen molar-refractivity contribution in [2.45, 2.75) is 45.1 Å². The lowest BCUT2D eigenvalue weighted by molar-refractivity contribution is 0.0708. The van der Waals surface area contributed by atoms with Crippen molar-refractivity contribution in [3.63, 3.8) is 0 Å². The lowest BCUT2D eigenvalue weighted by atomic mass is 10.1. The lowest BCUT2D eigenvalue weighted by Gasteiger charge is -2.27. The molecule has 0 aliphatic carbocycles. The van der Waals surface area contributed by atoms with Gasteiger partial charge >= 0.3 is 0 Å². The topological polar surface area (TPSA) is 91.8 Å². The minimum atomic E-state index is -3.69. The molecule has 1 aliphatic heterocycles. The fourth-order valence-electron chi connectivity index (χ4n) is 3.47. The van der Waals surface area contributed by atoms with Crippen molar-refractivity contribution in [1.82, 2.24) is 9.21 Å². The number of amides is 1. The number of sulfone groups is 1. The zero-order chi connectivity index (χ0) is 20.4. The average molecular weight is 417 g/mol. The maximum Gasteiger partial charge on any atom is 0.254 e. The molecule has 1 fully saturated rings. The van der Waals surface area contributed by atoms with Crippen LogP contribution in [0.2, 0.25) is 0 Å². The van der Waals surface area contributed by atoms with Gasteiger partial charge in [-0.3, -0.25) is 4.79 Å². The Balaban J connectivity index is 2.40. The van der Waals surface area contributed by atoms with Crippen LogP contribution >= 0.6 is 0 Å². The number of nitrogens with zero attached hydrogens (tertiary/aromatic N) is 2. The average Bonchev–Trinajstić information content (AvgIpc) is 2.96. The summed E-state index contributed by atoms with van der Waals surface area (Å²) in [6, 6.07) is 4.28. The van der Waals surface area contributed by atoms with Gasteiger partial charge in [0.2, 0.25) is 10.0 Å². The van der Waals surface area contributed by atoms with E-state index < -0.39 is 19.9 Å². The van der Waals surface area contributed by atoms with E-state index in [2.05, 4.69) is 0 Å². The highest BCUT2D eigenvalue weighted by atomic mass is 32.2. The Morgan fingerprint density at radius 2 is 1.78 bits per heavy atom. The molecule has 27 heavy (non-hydrogen) atoms. The summed E-state index contributed by atoms with van der Waals surface area (Å²) in [5.74, 6) is -0.296. The molecule has 0 spiro atoms. The van der Waals surface area contributed by atoms with Gasteiger partial charge in [-0.15, -0.1) is 0 Å². The van der Waals surface area contributed by atoms with Crippen molar-refractivity contribution >= 4 is 25.8 Å². The van der Waals surface area contributed by atoms with Crippen LogP contribution in [0.1, 0.15) is 43.1 Å². The van der Waals surface area contributed by atoms with E-state index in [0.717, 1.165) is 0 Å². The fourth-order valence-corrected chi connectivity index (χ4v) is 6.91. The number of sulfonamides is 1. The molecule has 1 aromatic rings. The molecule has 0 N–H and O–H groups in total. The SMILES string of the molecule is CCN(C(=O)c1ccc(C)c(S(=O)(=O)N(CC)CC)c1)C1CCS(=O)(=O)C1. The minimum absolute atomic E-state index is 0.0386. The number of hydrogen-bond acceptors (Lipinski definition) is 5. The van der Waals surface area contributed by atoms with E-state index in [1.165, 1.54) is 15.3 Å². The summed E-state index contributed by atoms with van der Waals surface area (Å²) >= 11 is 0. The summed E-state index contributed by atoms with van der Waals surface area (Å²) in [5, 5.41) is 0. The first kappa shape index (κ1) is 21.8. The number of rotatable bonds is 7. The Kier molecular flexibility index (Phi) is 6.70. The maximum absolute atomic E-state index is 13.0. The van der Waals surface area contributed by atoms with Crippen LogP contribution in [0.5, 0.6) is 0 Å². The number of carbonyl (C=O) groups excluding carboxylic acids is 1. The van der Waals surface area contributed by atoms with E-state index in [-0.39, 0.29) is 33.9 Å². The predicted molar refractivity (Wildman–Crippen MR) is 105 cm³/mol. The monoisotopic (exact) mass is 416 g/mol. The van der Waals surface area contributed by atoms with E-state index in [4.69, 9.17) is 0 Å². The molecule has 0 radical (unpaired) electrons. The third-order valence-corrected chi connectivity index (χ3v) is 8.95. The Labute approximate surface area is 162 Å². The smallest absolute Gasteiger partial charge is 0.254 e. The molecule has 2 rings (SSSR count). The van der Waals surface area contributed by atoms with Crippen molar-refractivity contribution in [3.8, 4) is 0 Å². The fraction of sp³-hybridized carbons (Fsp3) is 0.611. The molecule has 0 bridgehead atoms. The summed E-state index contributed by atoms with van der Waals surface area (Å²) in [6.07, 6.45) is 0.415. The number of hydrogen-bond donors (Lipinski definition) is 0. The number of aryl methyl sites for hydroxylation is 1. The summed E-state index contributed by atoms with van der Waals surface area (Å²) in [7, 11) is -6.81. The molecular weight excluding hydrogens is 388 g/mol. The molecule has 9 heteroatoms. The standard InChI is InChI=1S/C18H28N2O5S2/c1-5-19(6-2)27(24,25)17-12-15(9-8-14(17)4)18(21)20(7-3)16-10-11-26(22,23)13-16/h8-9,12,16H,5-7,10-11,13H2,1-4H3. The molecular formula is C18H28N2O5S2. The predicted octanol–water partition coefficient (Wildman–Crippen LogP) is 1.67. The first-order valence-corrected chi connectivity index (χ1v) is 12.5. The van der Waals surface area contributed by atoms with Gasteiger partial charge in [-0.05, 0) is 38.0 Å². The molecule has 1 amide bonds. The summed E-state index contributed by atoms with van der Waals surface area (Å²) in [5.41, 5.74) is 0.836. The Morgan fingerprint density at radius 1 is 1.15 bits per heavy atom. The molecule has 1 heterocycles. The van der Waals surface area contributed by atoms with Crippen molar-refractivity contribution in [1.29, 1.82) is 0 Å². The summed E-state index contributed by atoms with van der Waals surface area (Å²) in [4.78, 5) is 14.6. The minimum Gasteiger partial charge on any atom is -0.335 e. The van der Waals surface area contributed by atoms with Crippen molar-refractivity contribution in [2.24, 2.45) is 0 Å². The van der Waals surface area contributed by atoms with E-state index in [9.17, 15) is 21.6 Å². The van der Waals surface area contributed by atoms with Crippen LogP contribution in [0.3, 0.4) is 0 Å². The highest BCUT2D eigenvalue weighted by Gasteiger charge is 2.34. The van der Waals surface area contributed by atoms with Crippen molar-refractivity contribution in [3.05, 3.63) is 29.3 Å². The maximum atomic E-state index is 13.0. The Morgan fingerprint density at radius 3 is 2.26 bits per heavy atom. The van der Waals surface area contributed by atoms with Gasteiger partial charge in [-0.25, -0.2) is 16.8 Å². The molecule has 152 valence electrons. The zero-order valence-electron chi connectivity index (χ0n) is 16.3. The molecule has 7 nitrogen and oxygen atoms in total. The summed E-state index contributed by atoms with van der Waals surface area (Å²) < 4.78 is 50.7. The third-order valence-electron chi connectivity index (χ3n) is 5.01. The largest absolute Gasteiger partial charge is 0.335 e. The molecule has 1 aliphatic rings. The quantitative estimate of drug-likeness (QED) is 0.674. The normalized spacial score (nSPS) is 19.4. The van der Waals surface area contributed by atoms with Gasteiger partial charge in [0.15, 0.2) is 9.84 Å². The number of carbonyl (C=O) groups is 1. The van der Waals surface area contributed by atoms with Gasteiger partial charge < -0.3 is 4.90 Å². The van der Waals surface area contributed by atoms with Crippen LogP contribution in [0.4, 0.5) is 0 Å². The van der Waals surface area contributed by atoms with Crippen LogP contribution in [0, 0.1) is 6.92 Å². The molecule has 0 saturated carbocycles. The molecule has 1 atom stereocenters. The Bertz CT molecular complexity index is 906. The van der Waals surface area contributed by atoms with Crippen LogP contribution < -0.4 is 0 Å². The second-order valence-electron chi connectivity index (χ2n) is 6.72. The number of benzene rings is 1. The second-order valence-corrected chi connectivity index (χ2v) is 10.9. The molecule has 1 aromatic carbocycles. The van der Waals surface area contributed by atoms with Crippen LogP contribution in [0.25, 0.3) is 0 Å². The molecule has 1 saturated heterocycles. The lowest BCUT2D eigenvalue weighted by Crippen LogP contribution is -2.41. The van der Waals surface area contributed by atoms with E-state index in [1.807, 2.05) is 0 Å². The van der Waals surface area contributed by atoms with Crippen LogP contribution in [0.15, 0.2) is 23.1 Å². The van der Waals surface area contributed by atoms with E-state index in [1.54, 1.807) is 39.8 Å².